The van der Waals surface area contributed by atoms with E-state index in [0.717, 1.165) is 23.3 Å². The lowest BCUT2D eigenvalue weighted by Gasteiger charge is -2.22. The first-order valence-corrected chi connectivity index (χ1v) is 8.80. The number of anilines is 1. The molecule has 1 heterocycles. The number of carbonyl (C=O) groups excluding carboxylic acids is 2. The lowest BCUT2D eigenvalue weighted by molar-refractivity contribution is -0.120. The van der Waals surface area contributed by atoms with Gasteiger partial charge in [-0.2, -0.15) is 0 Å². The number of hydrogen-bond donors (Lipinski definition) is 0. The van der Waals surface area contributed by atoms with Crippen LogP contribution < -0.4 is 9.64 Å². The Morgan fingerprint density at radius 1 is 1.25 bits per heavy atom. The molecule has 0 aromatic heterocycles. The van der Waals surface area contributed by atoms with Crippen molar-refractivity contribution in [1.29, 1.82) is 0 Å². The second-order valence-corrected chi connectivity index (χ2v) is 7.15. The molecule has 0 spiro atoms. The van der Waals surface area contributed by atoms with Crippen LogP contribution in [-0.2, 0) is 4.79 Å². The van der Waals surface area contributed by atoms with Gasteiger partial charge in [-0.25, -0.2) is 0 Å². The van der Waals surface area contributed by atoms with Crippen LogP contribution in [0.5, 0.6) is 5.75 Å². The topological polar surface area (TPSA) is 46.6 Å². The van der Waals surface area contributed by atoms with Gasteiger partial charge in [0.1, 0.15) is 5.75 Å². The van der Waals surface area contributed by atoms with Crippen LogP contribution in [-0.4, -0.2) is 30.6 Å². The molecule has 1 atom stereocenters. The summed E-state index contributed by atoms with van der Waals surface area (Å²) in [7, 11) is 0. The summed E-state index contributed by atoms with van der Waals surface area (Å²) in [6, 6.07) is 14.9. The third-order valence-electron chi connectivity index (χ3n) is 3.94. The van der Waals surface area contributed by atoms with Crippen LogP contribution in [0.1, 0.15) is 23.7 Å². The molecule has 4 nitrogen and oxygen atoms in total. The second kappa shape index (κ2) is 7.53. The van der Waals surface area contributed by atoms with E-state index in [9.17, 15) is 9.59 Å². The number of benzene rings is 2. The summed E-state index contributed by atoms with van der Waals surface area (Å²) >= 11 is 1.79. The number of amides is 1. The largest absolute Gasteiger partial charge is 0.483 e. The predicted octanol–water partition coefficient (Wildman–Crippen LogP) is 3.80. The Kier molecular flexibility index (Phi) is 5.20. The molecule has 0 bridgehead atoms. The van der Waals surface area contributed by atoms with Crippen molar-refractivity contribution in [2.45, 2.75) is 23.5 Å². The summed E-state index contributed by atoms with van der Waals surface area (Å²) in [6.07, 6.45) is 1.66. The maximum Gasteiger partial charge on any atom is 0.264 e. The smallest absolute Gasteiger partial charge is 0.264 e. The molecule has 2 aromatic rings. The van der Waals surface area contributed by atoms with E-state index in [2.05, 4.69) is 6.92 Å². The second-order valence-electron chi connectivity index (χ2n) is 5.67. The highest BCUT2D eigenvalue weighted by atomic mass is 32.2. The molecule has 2 aromatic carbocycles. The molecule has 5 heteroatoms. The zero-order valence-electron chi connectivity index (χ0n) is 13.5. The Labute approximate surface area is 145 Å². The van der Waals surface area contributed by atoms with Crippen molar-refractivity contribution in [3.05, 3.63) is 54.1 Å². The van der Waals surface area contributed by atoms with Crippen molar-refractivity contribution in [3.63, 3.8) is 0 Å². The monoisotopic (exact) mass is 341 g/mol. The summed E-state index contributed by atoms with van der Waals surface area (Å²) in [6.45, 7) is 2.76. The predicted molar refractivity (Wildman–Crippen MR) is 96.1 cm³/mol. The molecule has 124 valence electrons. The third kappa shape index (κ3) is 3.62. The van der Waals surface area contributed by atoms with Crippen LogP contribution in [0.25, 0.3) is 0 Å². The molecule has 1 aliphatic rings. The minimum Gasteiger partial charge on any atom is -0.483 e. The van der Waals surface area contributed by atoms with Gasteiger partial charge in [-0.05, 0) is 30.7 Å². The van der Waals surface area contributed by atoms with Crippen LogP contribution >= 0.6 is 11.8 Å². The molecule has 24 heavy (non-hydrogen) atoms. The van der Waals surface area contributed by atoms with Gasteiger partial charge in [0, 0.05) is 16.7 Å². The minimum atomic E-state index is -0.0992. The first-order valence-electron chi connectivity index (χ1n) is 7.92. The fourth-order valence-corrected chi connectivity index (χ4v) is 3.79. The highest BCUT2D eigenvalue weighted by Gasteiger charge is 2.24. The quantitative estimate of drug-likeness (QED) is 0.794. The molecule has 1 aliphatic heterocycles. The molecule has 0 saturated carbocycles. The number of thioether (sulfide) groups is 1. The molecule has 0 unspecified atom stereocenters. The molecular formula is C19H19NO3S. The third-order valence-corrected chi connectivity index (χ3v) is 5.18. The Balaban J connectivity index is 1.76. The van der Waals surface area contributed by atoms with Crippen LogP contribution in [0, 0.1) is 0 Å². The van der Waals surface area contributed by atoms with Crippen molar-refractivity contribution in [2.75, 3.05) is 18.1 Å². The molecule has 0 radical (unpaired) electrons. The van der Waals surface area contributed by atoms with Crippen molar-refractivity contribution < 1.29 is 14.3 Å². The van der Waals surface area contributed by atoms with Crippen LogP contribution in [0.2, 0.25) is 0 Å². The molecule has 1 amide bonds. The van der Waals surface area contributed by atoms with Gasteiger partial charge in [0.2, 0.25) is 0 Å². The average Bonchev–Trinajstić information content (AvgIpc) is 2.78. The van der Waals surface area contributed by atoms with E-state index in [1.165, 1.54) is 0 Å². The Morgan fingerprint density at radius 3 is 2.83 bits per heavy atom. The zero-order chi connectivity index (χ0) is 16.9. The fraction of sp³-hybridized carbons (Fsp3) is 0.263. The standard InChI is InChI=1S/C19H19NO3S/c1-14-10-11-20(16-7-3-5-9-18(16)24-14)19(22)13-23-17-8-4-2-6-15(17)12-21/h2-9,12,14H,10-11,13H2,1H3/t14-/m1/s1. The number of carbonyl (C=O) groups is 2. The summed E-state index contributed by atoms with van der Waals surface area (Å²) in [4.78, 5) is 26.6. The van der Waals surface area contributed by atoms with E-state index < -0.39 is 0 Å². The highest BCUT2D eigenvalue weighted by molar-refractivity contribution is 8.00. The van der Waals surface area contributed by atoms with Crippen LogP contribution in [0.15, 0.2) is 53.4 Å². The molecule has 0 saturated heterocycles. The molecule has 0 aliphatic carbocycles. The van der Waals surface area contributed by atoms with Gasteiger partial charge in [-0.1, -0.05) is 31.2 Å². The molecule has 0 fully saturated rings. The van der Waals surface area contributed by atoms with Gasteiger partial charge in [0.05, 0.1) is 11.3 Å². The summed E-state index contributed by atoms with van der Waals surface area (Å²) in [5.41, 5.74) is 1.38. The zero-order valence-corrected chi connectivity index (χ0v) is 14.3. The Morgan fingerprint density at radius 2 is 2.00 bits per heavy atom. The summed E-state index contributed by atoms with van der Waals surface area (Å²) in [5.74, 6) is 0.338. The fourth-order valence-electron chi connectivity index (χ4n) is 2.67. The Hall–Kier alpha value is -2.27. The van der Waals surface area contributed by atoms with Gasteiger partial charge in [0.15, 0.2) is 12.9 Å². The van der Waals surface area contributed by atoms with Gasteiger partial charge >= 0.3 is 0 Å². The number of aldehydes is 1. The maximum atomic E-state index is 12.7. The van der Waals surface area contributed by atoms with Gasteiger partial charge in [0.25, 0.3) is 5.91 Å². The first-order chi connectivity index (χ1) is 11.7. The molecular weight excluding hydrogens is 322 g/mol. The molecule has 0 N–H and O–H groups in total. The van der Waals surface area contributed by atoms with Crippen molar-refractivity contribution >= 4 is 29.6 Å². The normalized spacial score (nSPS) is 16.9. The van der Waals surface area contributed by atoms with Gasteiger partial charge in [-0.3, -0.25) is 9.59 Å². The lowest BCUT2D eigenvalue weighted by Crippen LogP contribution is -2.36. The van der Waals surface area contributed by atoms with Crippen LogP contribution in [0.3, 0.4) is 0 Å². The van der Waals surface area contributed by atoms with E-state index in [-0.39, 0.29) is 12.5 Å². The number of rotatable bonds is 4. The van der Waals surface area contributed by atoms with Crippen molar-refractivity contribution in [2.24, 2.45) is 0 Å². The minimum absolute atomic E-state index is 0.0851. The van der Waals surface area contributed by atoms with Crippen molar-refractivity contribution in [3.8, 4) is 5.75 Å². The average molecular weight is 341 g/mol. The van der Waals surface area contributed by atoms with Gasteiger partial charge < -0.3 is 9.64 Å². The lowest BCUT2D eigenvalue weighted by atomic mass is 10.2. The molecule has 3 rings (SSSR count). The first kappa shape index (κ1) is 16.6. The number of para-hydroxylation sites is 2. The van der Waals surface area contributed by atoms with Gasteiger partial charge in [-0.15, -0.1) is 11.8 Å². The van der Waals surface area contributed by atoms with E-state index in [4.69, 9.17) is 4.74 Å². The van der Waals surface area contributed by atoms with E-state index >= 15 is 0 Å². The SMILES string of the molecule is C[C@@H]1CCN(C(=O)COc2ccccc2C=O)c2ccccc2S1. The van der Waals surface area contributed by atoms with E-state index in [1.807, 2.05) is 24.3 Å². The number of hydrogen-bond acceptors (Lipinski definition) is 4. The highest BCUT2D eigenvalue weighted by Crippen LogP contribution is 2.37. The van der Waals surface area contributed by atoms with Crippen LogP contribution in [0.4, 0.5) is 5.69 Å². The summed E-state index contributed by atoms with van der Waals surface area (Å²) in [5, 5.41) is 0.459. The Bertz CT molecular complexity index is 747. The van der Waals surface area contributed by atoms with Crippen molar-refractivity contribution in [1.82, 2.24) is 0 Å². The number of nitrogens with zero attached hydrogens (tertiary/aromatic N) is 1. The number of ether oxygens (including phenoxy) is 1. The number of fused-ring (bicyclic) bond motifs is 1. The van der Waals surface area contributed by atoms with E-state index in [1.54, 1.807) is 40.9 Å². The summed E-state index contributed by atoms with van der Waals surface area (Å²) < 4.78 is 5.60. The van der Waals surface area contributed by atoms with E-state index in [0.29, 0.717) is 23.1 Å². The maximum absolute atomic E-state index is 12.7.